The number of aliphatic hydroxyl groups excluding tert-OH is 3. The second-order valence-electron chi connectivity index (χ2n) is 13.6. The van der Waals surface area contributed by atoms with Crippen molar-refractivity contribution < 1.29 is 56.8 Å². The van der Waals surface area contributed by atoms with Crippen molar-refractivity contribution in [1.29, 1.82) is 0 Å². The van der Waals surface area contributed by atoms with Gasteiger partial charge in [0.1, 0.15) is 36.8 Å². The van der Waals surface area contributed by atoms with Crippen LogP contribution in [0.1, 0.15) is 123 Å². The fourth-order valence-electron chi connectivity index (χ4n) is 5.46. The zero-order chi connectivity index (χ0) is 40.6. The fraction of sp³-hybridized carbons (Fsp3) is 0.667. The molecule has 314 valence electrons. The van der Waals surface area contributed by atoms with Crippen molar-refractivity contribution in [3.8, 4) is 0 Å². The summed E-state index contributed by atoms with van der Waals surface area (Å²) in [5.41, 5.74) is 0. The molecular formula is C42H68O12S. The molecular weight excluding hydrogens is 729 g/mol. The van der Waals surface area contributed by atoms with Gasteiger partial charge < -0.3 is 34.3 Å². The molecule has 0 aromatic carbocycles. The van der Waals surface area contributed by atoms with Gasteiger partial charge in [0.05, 0.1) is 6.61 Å². The third-order valence-electron chi connectivity index (χ3n) is 8.56. The number of unbranched alkanes of at least 4 members (excludes halogenated alkanes) is 7. The van der Waals surface area contributed by atoms with Crippen molar-refractivity contribution in [3.05, 3.63) is 72.9 Å². The number of allylic oxidation sites excluding steroid dienone is 12. The van der Waals surface area contributed by atoms with Gasteiger partial charge in [-0.2, -0.15) is 8.42 Å². The zero-order valence-electron chi connectivity index (χ0n) is 33.0. The Morgan fingerprint density at radius 2 is 1.15 bits per heavy atom. The highest BCUT2D eigenvalue weighted by molar-refractivity contribution is 7.85. The van der Waals surface area contributed by atoms with Crippen molar-refractivity contribution in [3.63, 3.8) is 0 Å². The molecule has 13 heteroatoms. The van der Waals surface area contributed by atoms with Gasteiger partial charge >= 0.3 is 11.9 Å². The molecule has 1 fully saturated rings. The van der Waals surface area contributed by atoms with Gasteiger partial charge in [-0.15, -0.1) is 0 Å². The van der Waals surface area contributed by atoms with Crippen LogP contribution in [-0.4, -0.2) is 96.0 Å². The maximum absolute atomic E-state index is 12.7. The van der Waals surface area contributed by atoms with Crippen molar-refractivity contribution in [2.75, 3.05) is 19.0 Å². The first-order chi connectivity index (χ1) is 26.5. The predicted octanol–water partition coefficient (Wildman–Crippen LogP) is 7.16. The van der Waals surface area contributed by atoms with E-state index in [0.29, 0.717) is 12.8 Å². The van der Waals surface area contributed by atoms with E-state index in [1.165, 1.54) is 19.3 Å². The smallest absolute Gasteiger partial charge is 0.306 e. The van der Waals surface area contributed by atoms with Crippen LogP contribution >= 0.6 is 0 Å². The first kappa shape index (κ1) is 50.1. The summed E-state index contributed by atoms with van der Waals surface area (Å²) < 4.78 is 53.7. The molecule has 0 aromatic heterocycles. The lowest BCUT2D eigenvalue weighted by Crippen LogP contribution is -2.60. The van der Waals surface area contributed by atoms with Crippen LogP contribution in [0, 0.1) is 0 Å². The molecule has 2 unspecified atom stereocenters. The van der Waals surface area contributed by atoms with E-state index in [-0.39, 0.29) is 19.4 Å². The Morgan fingerprint density at radius 1 is 0.636 bits per heavy atom. The fourth-order valence-corrected chi connectivity index (χ4v) is 6.16. The maximum atomic E-state index is 12.7. The topological polar surface area (TPSA) is 186 Å². The van der Waals surface area contributed by atoms with Gasteiger partial charge in [0.2, 0.25) is 0 Å². The first-order valence-electron chi connectivity index (χ1n) is 20.0. The molecule has 0 aromatic rings. The van der Waals surface area contributed by atoms with Crippen LogP contribution in [0.3, 0.4) is 0 Å². The maximum Gasteiger partial charge on any atom is 0.306 e. The third-order valence-corrected chi connectivity index (χ3v) is 9.31. The number of hydrogen-bond donors (Lipinski definition) is 4. The SMILES string of the molecule is CC/C=C/C/C=C/C/C=C/C/C=C/C/C=C/C/C=C/CCC(=O)OC[C@H](CO[C@H]1O[C@H](CS(=O)(=O)O)[C@@H](O)C(O)C1O)OC(=O)CCCCCCCCCC. The van der Waals surface area contributed by atoms with Gasteiger partial charge in [-0.1, -0.05) is 132 Å². The van der Waals surface area contributed by atoms with E-state index < -0.39 is 71.2 Å². The van der Waals surface area contributed by atoms with Gasteiger partial charge in [-0.3, -0.25) is 14.1 Å². The van der Waals surface area contributed by atoms with E-state index >= 15 is 0 Å². The minimum Gasteiger partial charge on any atom is -0.462 e. The molecule has 1 saturated heterocycles. The van der Waals surface area contributed by atoms with Crippen LogP contribution in [0.15, 0.2) is 72.9 Å². The van der Waals surface area contributed by atoms with Crippen LogP contribution in [0.25, 0.3) is 0 Å². The Bertz CT molecular complexity index is 1300. The van der Waals surface area contributed by atoms with Crippen LogP contribution < -0.4 is 0 Å². The first-order valence-corrected chi connectivity index (χ1v) is 21.6. The van der Waals surface area contributed by atoms with Crippen molar-refractivity contribution >= 4 is 22.1 Å². The van der Waals surface area contributed by atoms with Gasteiger partial charge in [0.15, 0.2) is 12.4 Å². The monoisotopic (exact) mass is 796 g/mol. The molecule has 0 saturated carbocycles. The number of carbonyl (C=O) groups is 2. The highest BCUT2D eigenvalue weighted by Crippen LogP contribution is 2.24. The molecule has 12 nitrogen and oxygen atoms in total. The van der Waals surface area contributed by atoms with E-state index in [2.05, 4.69) is 74.6 Å². The minimum absolute atomic E-state index is 0.0911. The summed E-state index contributed by atoms with van der Waals surface area (Å²) in [5, 5.41) is 30.7. The van der Waals surface area contributed by atoms with Crippen molar-refractivity contribution in [2.45, 2.75) is 160 Å². The molecule has 0 aliphatic carbocycles. The van der Waals surface area contributed by atoms with Gasteiger partial charge in [-0.05, 0) is 51.4 Å². The van der Waals surface area contributed by atoms with E-state index in [0.717, 1.165) is 64.2 Å². The summed E-state index contributed by atoms with van der Waals surface area (Å²) in [7, 11) is -4.61. The lowest BCUT2D eigenvalue weighted by atomic mass is 10.00. The number of hydrogen-bond acceptors (Lipinski definition) is 11. The molecule has 6 atom stereocenters. The van der Waals surface area contributed by atoms with E-state index in [9.17, 15) is 37.9 Å². The molecule has 4 N–H and O–H groups in total. The predicted molar refractivity (Wildman–Crippen MR) is 215 cm³/mol. The van der Waals surface area contributed by atoms with Gasteiger partial charge in [0, 0.05) is 12.8 Å². The molecule has 1 aliphatic heterocycles. The molecule has 1 aliphatic rings. The number of esters is 2. The molecule has 0 radical (unpaired) electrons. The molecule has 0 bridgehead atoms. The number of aliphatic hydroxyl groups is 3. The average Bonchev–Trinajstić information content (AvgIpc) is 3.14. The summed E-state index contributed by atoms with van der Waals surface area (Å²) in [5.74, 6) is -2.11. The number of ether oxygens (including phenoxy) is 4. The van der Waals surface area contributed by atoms with Crippen LogP contribution in [0.2, 0.25) is 0 Å². The molecule has 55 heavy (non-hydrogen) atoms. The summed E-state index contributed by atoms with van der Waals surface area (Å²) >= 11 is 0. The van der Waals surface area contributed by atoms with Crippen LogP contribution in [-0.2, 0) is 38.7 Å². The van der Waals surface area contributed by atoms with Crippen LogP contribution in [0.5, 0.6) is 0 Å². The Hall–Kier alpha value is -2.91. The molecule has 0 spiro atoms. The molecule has 1 heterocycles. The average molecular weight is 797 g/mol. The second kappa shape index (κ2) is 32.2. The Labute approximate surface area is 329 Å². The van der Waals surface area contributed by atoms with E-state index in [1.54, 1.807) is 0 Å². The van der Waals surface area contributed by atoms with Crippen molar-refractivity contribution in [1.82, 2.24) is 0 Å². The van der Waals surface area contributed by atoms with E-state index in [4.69, 9.17) is 18.9 Å². The van der Waals surface area contributed by atoms with E-state index in [1.807, 2.05) is 12.2 Å². The lowest BCUT2D eigenvalue weighted by Gasteiger charge is -2.40. The lowest BCUT2D eigenvalue weighted by molar-refractivity contribution is -0.297. The summed E-state index contributed by atoms with van der Waals surface area (Å²) in [6.07, 6.45) is 29.9. The molecule has 0 amide bonds. The number of carbonyl (C=O) groups excluding carboxylic acids is 2. The number of rotatable bonds is 31. The summed E-state index contributed by atoms with van der Waals surface area (Å²) in [6.45, 7) is 3.50. The van der Waals surface area contributed by atoms with Crippen molar-refractivity contribution in [2.24, 2.45) is 0 Å². The minimum atomic E-state index is -4.61. The normalized spacial score (nSPS) is 21.6. The Kier molecular flexibility index (Phi) is 29.3. The third kappa shape index (κ3) is 27.4. The Balaban J connectivity index is 2.52. The van der Waals surface area contributed by atoms with Gasteiger partial charge in [-0.25, -0.2) is 0 Å². The summed E-state index contributed by atoms with van der Waals surface area (Å²) in [6, 6.07) is 0. The highest BCUT2D eigenvalue weighted by Gasteiger charge is 2.46. The van der Waals surface area contributed by atoms with Gasteiger partial charge in [0.25, 0.3) is 10.1 Å². The highest BCUT2D eigenvalue weighted by atomic mass is 32.2. The van der Waals surface area contributed by atoms with Crippen LogP contribution in [0.4, 0.5) is 0 Å². The zero-order valence-corrected chi connectivity index (χ0v) is 33.8. The standard InChI is InChI=1S/C42H68O12S/c1-3-5-7-9-11-13-14-15-16-17-18-19-20-21-22-23-25-26-28-30-37(43)51-32-35(53-38(44)31-29-27-24-12-10-8-6-4-2)33-52-42-41(47)40(46)39(45)36(54-42)34-55(48,49)50/h5,7,11,13,15-16,18-19,21-22,25-26,35-36,39-42,45-47H,3-4,6,8-10,12,14,17,20,23-24,27-34H2,1-2H3,(H,48,49,50)/b7-5+,13-11+,16-15+,19-18+,22-21+,26-25+/t35-,36-,39-,40?,41?,42+/m1/s1. The largest absolute Gasteiger partial charge is 0.462 e. The Morgan fingerprint density at radius 3 is 1.67 bits per heavy atom. The quantitative estimate of drug-likeness (QED) is 0.0240. The second-order valence-corrected chi connectivity index (χ2v) is 15.1. The summed E-state index contributed by atoms with van der Waals surface area (Å²) in [4.78, 5) is 25.2. The molecule has 1 rings (SSSR count).